The monoisotopic (exact) mass is 280 g/mol. The first-order valence-corrected chi connectivity index (χ1v) is 7.16. The van der Waals surface area contributed by atoms with Gasteiger partial charge >= 0.3 is 0 Å². The minimum Gasteiger partial charge on any atom is -0.358 e. The smallest absolute Gasteiger partial charge is 0.237 e. The predicted molar refractivity (Wildman–Crippen MR) is 75.8 cm³/mol. The zero-order chi connectivity index (χ0) is 15.0. The maximum absolute atomic E-state index is 11.9. The molecule has 20 heavy (non-hydrogen) atoms. The molecule has 0 saturated carbocycles. The van der Waals surface area contributed by atoms with Gasteiger partial charge in [0.1, 0.15) is 0 Å². The molecule has 0 aliphatic carbocycles. The van der Waals surface area contributed by atoms with Gasteiger partial charge in [0, 0.05) is 33.6 Å². The Kier molecular flexibility index (Phi) is 7.02. The topological polar surface area (TPSA) is 76.4 Å². The average molecular weight is 280 g/mol. The number of likely N-dealkylation sites (N-methyl/N-ethyl adjacent to an activating group) is 1. The Morgan fingerprint density at radius 3 is 2.85 bits per heavy atom. The quantitative estimate of drug-likeness (QED) is 0.761. The summed E-state index contributed by atoms with van der Waals surface area (Å²) in [4.78, 5) is 27.4. The molecule has 6 nitrogen and oxygen atoms in total. The predicted octanol–water partition coefficient (Wildman–Crippen LogP) is 0.349. The fraction of sp³-hybridized carbons (Fsp3) is 0.786. The van der Waals surface area contributed by atoms with Crippen LogP contribution in [-0.4, -0.2) is 61.4 Å². The van der Waals surface area contributed by atoms with Crippen molar-refractivity contribution in [2.45, 2.75) is 38.1 Å². The van der Waals surface area contributed by atoms with Gasteiger partial charge in [0.25, 0.3) is 0 Å². The van der Waals surface area contributed by atoms with Gasteiger partial charge in [-0.25, -0.2) is 0 Å². The number of carbonyl (C=O) groups is 2. The highest BCUT2D eigenvalue weighted by atomic mass is 16.2. The van der Waals surface area contributed by atoms with Crippen molar-refractivity contribution in [1.29, 1.82) is 5.26 Å². The van der Waals surface area contributed by atoms with E-state index in [1.165, 1.54) is 0 Å². The van der Waals surface area contributed by atoms with Crippen LogP contribution in [0.1, 0.15) is 32.1 Å². The maximum Gasteiger partial charge on any atom is 0.237 e. The zero-order valence-corrected chi connectivity index (χ0v) is 12.4. The number of nitrogens with one attached hydrogen (secondary N) is 1. The number of nitriles is 1. The van der Waals surface area contributed by atoms with E-state index in [0.717, 1.165) is 25.8 Å². The normalized spacial score (nSPS) is 19.1. The molecule has 0 aromatic carbocycles. The summed E-state index contributed by atoms with van der Waals surface area (Å²) in [6.07, 6.45) is 3.75. The Morgan fingerprint density at radius 2 is 2.20 bits per heavy atom. The molecule has 1 aliphatic rings. The van der Waals surface area contributed by atoms with E-state index in [4.69, 9.17) is 5.26 Å². The number of amides is 2. The van der Waals surface area contributed by atoms with Crippen LogP contribution in [0.4, 0.5) is 0 Å². The van der Waals surface area contributed by atoms with Crippen molar-refractivity contribution in [3.05, 3.63) is 0 Å². The van der Waals surface area contributed by atoms with Crippen LogP contribution in [0.3, 0.4) is 0 Å². The Bertz CT molecular complexity index is 378. The highest BCUT2D eigenvalue weighted by Crippen LogP contribution is 2.17. The molecule has 2 amide bonds. The molecule has 0 radical (unpaired) electrons. The van der Waals surface area contributed by atoms with Crippen molar-refractivity contribution in [1.82, 2.24) is 15.1 Å². The van der Waals surface area contributed by atoms with Crippen LogP contribution in [0.2, 0.25) is 0 Å². The molecule has 1 aliphatic heterocycles. The summed E-state index contributed by atoms with van der Waals surface area (Å²) >= 11 is 0. The molecule has 0 bridgehead atoms. The first-order chi connectivity index (χ1) is 9.60. The summed E-state index contributed by atoms with van der Waals surface area (Å²) in [5.41, 5.74) is 0. The Balaban J connectivity index is 2.43. The lowest BCUT2D eigenvalue weighted by molar-refractivity contribution is -0.132. The molecular weight excluding hydrogens is 256 g/mol. The Hall–Kier alpha value is -1.61. The Labute approximate surface area is 120 Å². The summed E-state index contributed by atoms with van der Waals surface area (Å²) in [6, 6.07) is 1.93. The molecule has 1 N–H and O–H groups in total. The van der Waals surface area contributed by atoms with E-state index in [-0.39, 0.29) is 17.9 Å². The molecular formula is C14H24N4O2. The van der Waals surface area contributed by atoms with Crippen LogP contribution in [-0.2, 0) is 9.59 Å². The molecule has 0 spiro atoms. The van der Waals surface area contributed by atoms with Crippen LogP contribution in [0, 0.1) is 11.3 Å². The number of carbonyl (C=O) groups excluding carboxylic acids is 2. The van der Waals surface area contributed by atoms with Crippen molar-refractivity contribution in [2.75, 3.05) is 33.7 Å². The first-order valence-electron chi connectivity index (χ1n) is 7.16. The van der Waals surface area contributed by atoms with Gasteiger partial charge in [-0.2, -0.15) is 5.26 Å². The van der Waals surface area contributed by atoms with E-state index in [1.54, 1.807) is 19.0 Å². The summed E-state index contributed by atoms with van der Waals surface area (Å²) in [7, 11) is 3.36. The van der Waals surface area contributed by atoms with Gasteiger partial charge in [-0.05, 0) is 19.4 Å². The molecule has 0 aromatic heterocycles. The van der Waals surface area contributed by atoms with Crippen molar-refractivity contribution in [3.8, 4) is 6.07 Å². The first kappa shape index (κ1) is 16.4. The van der Waals surface area contributed by atoms with Crippen molar-refractivity contribution >= 4 is 11.8 Å². The number of rotatable bonds is 6. The minimum absolute atomic E-state index is 0.0291. The van der Waals surface area contributed by atoms with Crippen LogP contribution in [0.5, 0.6) is 0 Å². The van der Waals surface area contributed by atoms with Gasteiger partial charge in [-0.1, -0.05) is 6.42 Å². The van der Waals surface area contributed by atoms with E-state index >= 15 is 0 Å². The average Bonchev–Trinajstić information content (AvgIpc) is 2.49. The second kappa shape index (κ2) is 8.54. The number of piperidine rings is 1. The van der Waals surface area contributed by atoms with Gasteiger partial charge in [0.2, 0.25) is 11.8 Å². The van der Waals surface area contributed by atoms with Crippen molar-refractivity contribution in [3.63, 3.8) is 0 Å². The van der Waals surface area contributed by atoms with Gasteiger partial charge in [-0.15, -0.1) is 0 Å². The molecule has 1 fully saturated rings. The third kappa shape index (κ3) is 4.82. The third-order valence-corrected chi connectivity index (χ3v) is 3.76. The lowest BCUT2D eigenvalue weighted by Crippen LogP contribution is -2.49. The SMILES string of the molecule is CNC(=O)C1CCCCN1CCC(=O)N(C)CCC#N. The summed E-state index contributed by atoms with van der Waals surface area (Å²) in [5.74, 6) is 0.0662. The highest BCUT2D eigenvalue weighted by Gasteiger charge is 2.28. The molecule has 1 saturated heterocycles. The molecule has 0 aromatic rings. The molecule has 1 heterocycles. The Morgan fingerprint density at radius 1 is 1.45 bits per heavy atom. The minimum atomic E-state index is -0.106. The van der Waals surface area contributed by atoms with E-state index < -0.39 is 0 Å². The highest BCUT2D eigenvalue weighted by molar-refractivity contribution is 5.81. The lowest BCUT2D eigenvalue weighted by atomic mass is 10.0. The van der Waals surface area contributed by atoms with Crippen molar-refractivity contribution < 1.29 is 9.59 Å². The van der Waals surface area contributed by atoms with E-state index in [0.29, 0.717) is 25.9 Å². The van der Waals surface area contributed by atoms with E-state index in [1.807, 2.05) is 6.07 Å². The zero-order valence-electron chi connectivity index (χ0n) is 12.4. The lowest BCUT2D eigenvalue weighted by Gasteiger charge is -2.34. The number of hydrogen-bond acceptors (Lipinski definition) is 4. The standard InChI is InChI=1S/C14H24N4O2/c1-16-14(20)12-6-3-4-10-18(12)11-7-13(19)17(2)9-5-8-15/h12H,3-7,9-11H2,1-2H3,(H,16,20). The third-order valence-electron chi connectivity index (χ3n) is 3.76. The van der Waals surface area contributed by atoms with Gasteiger partial charge < -0.3 is 10.2 Å². The van der Waals surface area contributed by atoms with E-state index in [9.17, 15) is 9.59 Å². The number of nitrogens with zero attached hydrogens (tertiary/aromatic N) is 3. The van der Waals surface area contributed by atoms with Gasteiger partial charge in [0.15, 0.2) is 0 Å². The second-order valence-electron chi connectivity index (χ2n) is 5.14. The fourth-order valence-corrected chi connectivity index (χ4v) is 2.49. The molecule has 1 rings (SSSR count). The molecule has 112 valence electrons. The summed E-state index contributed by atoms with van der Waals surface area (Å²) in [5, 5.41) is 11.2. The number of likely N-dealkylation sites (tertiary alicyclic amines) is 1. The summed E-state index contributed by atoms with van der Waals surface area (Å²) < 4.78 is 0. The van der Waals surface area contributed by atoms with Crippen LogP contribution in [0.15, 0.2) is 0 Å². The van der Waals surface area contributed by atoms with Crippen LogP contribution < -0.4 is 5.32 Å². The molecule has 1 atom stereocenters. The number of hydrogen-bond donors (Lipinski definition) is 1. The molecule has 1 unspecified atom stereocenters. The fourth-order valence-electron chi connectivity index (χ4n) is 2.49. The largest absolute Gasteiger partial charge is 0.358 e. The maximum atomic E-state index is 11.9. The van der Waals surface area contributed by atoms with Crippen molar-refractivity contribution in [2.24, 2.45) is 0 Å². The van der Waals surface area contributed by atoms with Gasteiger partial charge in [-0.3, -0.25) is 14.5 Å². The van der Waals surface area contributed by atoms with Crippen LogP contribution in [0.25, 0.3) is 0 Å². The van der Waals surface area contributed by atoms with E-state index in [2.05, 4.69) is 10.2 Å². The second-order valence-corrected chi connectivity index (χ2v) is 5.14. The van der Waals surface area contributed by atoms with Crippen LogP contribution >= 0.6 is 0 Å². The van der Waals surface area contributed by atoms with Gasteiger partial charge in [0.05, 0.1) is 18.5 Å². The molecule has 6 heteroatoms. The summed E-state index contributed by atoms with van der Waals surface area (Å²) in [6.45, 7) is 1.94.